The van der Waals surface area contributed by atoms with E-state index >= 15 is 0 Å². The average molecular weight is 422 g/mol. The van der Waals surface area contributed by atoms with Crippen molar-refractivity contribution in [2.24, 2.45) is 0 Å². The SMILES string of the molecule is C=CCN1CC[C@]23c4c5ccc(O)c4O[C@H]2C(=O)CC[C@@]3(O)[C@H]1C5.CBr. The van der Waals surface area contributed by atoms with Crippen LogP contribution in [-0.2, 0) is 16.6 Å². The first-order valence-corrected chi connectivity index (χ1v) is 10.6. The number of rotatable bonds is 2. The van der Waals surface area contributed by atoms with Crippen LogP contribution < -0.4 is 4.74 Å². The molecule has 2 aliphatic heterocycles. The molecular weight excluding hydrogens is 398 g/mol. The minimum absolute atomic E-state index is 0.0408. The third-order valence-electron chi connectivity index (χ3n) is 6.73. The highest BCUT2D eigenvalue weighted by atomic mass is 79.9. The molecule has 1 aromatic rings. The van der Waals surface area contributed by atoms with Gasteiger partial charge in [-0.2, -0.15) is 0 Å². The molecule has 26 heavy (non-hydrogen) atoms. The van der Waals surface area contributed by atoms with Crippen molar-refractivity contribution in [2.75, 3.05) is 18.9 Å². The van der Waals surface area contributed by atoms with Gasteiger partial charge in [-0.05, 0) is 36.7 Å². The summed E-state index contributed by atoms with van der Waals surface area (Å²) in [5.74, 6) is 2.34. The third-order valence-corrected chi connectivity index (χ3v) is 6.73. The smallest absolute Gasteiger partial charge is 0.174 e. The molecule has 4 atom stereocenters. The molecular formula is C20H24BrNO4. The lowest BCUT2D eigenvalue weighted by atomic mass is 9.49. The van der Waals surface area contributed by atoms with Crippen molar-refractivity contribution in [2.45, 2.75) is 48.8 Å². The molecule has 140 valence electrons. The van der Waals surface area contributed by atoms with E-state index in [1.807, 2.05) is 18.0 Å². The van der Waals surface area contributed by atoms with Gasteiger partial charge in [-0.15, -0.1) is 6.58 Å². The van der Waals surface area contributed by atoms with Crippen LogP contribution in [0, 0.1) is 0 Å². The van der Waals surface area contributed by atoms with Gasteiger partial charge in [0.1, 0.15) is 0 Å². The van der Waals surface area contributed by atoms with Crippen molar-refractivity contribution in [1.29, 1.82) is 0 Å². The summed E-state index contributed by atoms with van der Waals surface area (Å²) in [5, 5.41) is 22.1. The van der Waals surface area contributed by atoms with Gasteiger partial charge in [0, 0.05) is 31.1 Å². The van der Waals surface area contributed by atoms with Crippen LogP contribution in [-0.4, -0.2) is 57.6 Å². The largest absolute Gasteiger partial charge is 0.504 e. The number of ketones is 1. The molecule has 4 aliphatic rings. The van der Waals surface area contributed by atoms with Crippen LogP contribution >= 0.6 is 15.9 Å². The van der Waals surface area contributed by atoms with Crippen LogP contribution in [0.5, 0.6) is 11.5 Å². The molecule has 2 bridgehead atoms. The fourth-order valence-corrected chi connectivity index (χ4v) is 5.80. The van der Waals surface area contributed by atoms with Crippen LogP contribution in [0.15, 0.2) is 24.8 Å². The maximum Gasteiger partial charge on any atom is 0.174 e. The molecule has 6 heteroatoms. The summed E-state index contributed by atoms with van der Waals surface area (Å²) < 4.78 is 5.98. The third kappa shape index (κ3) is 1.95. The van der Waals surface area contributed by atoms with Gasteiger partial charge in [0.25, 0.3) is 0 Å². The number of phenols is 1. The van der Waals surface area contributed by atoms with Crippen LogP contribution in [0.2, 0.25) is 0 Å². The predicted molar refractivity (Wildman–Crippen MR) is 102 cm³/mol. The molecule has 1 aromatic carbocycles. The number of aliphatic hydroxyl groups is 1. The van der Waals surface area contributed by atoms with Crippen molar-refractivity contribution in [3.05, 3.63) is 35.9 Å². The van der Waals surface area contributed by atoms with E-state index in [1.54, 1.807) is 6.07 Å². The molecule has 1 saturated heterocycles. The highest BCUT2D eigenvalue weighted by Gasteiger charge is 2.72. The van der Waals surface area contributed by atoms with E-state index in [0.717, 1.165) is 24.2 Å². The Hall–Kier alpha value is -1.37. The van der Waals surface area contributed by atoms with E-state index < -0.39 is 17.1 Å². The van der Waals surface area contributed by atoms with Gasteiger partial charge in [-0.1, -0.05) is 28.1 Å². The first kappa shape index (κ1) is 18.0. The number of hydrogen-bond acceptors (Lipinski definition) is 5. The van der Waals surface area contributed by atoms with Crippen molar-refractivity contribution in [3.8, 4) is 11.5 Å². The second kappa shape index (κ2) is 6.08. The quantitative estimate of drug-likeness (QED) is 0.566. The summed E-state index contributed by atoms with van der Waals surface area (Å²) in [5.41, 5.74) is 0.256. The van der Waals surface area contributed by atoms with Gasteiger partial charge in [0.15, 0.2) is 23.4 Å². The number of piperidine rings is 1. The Kier molecular flexibility index (Phi) is 4.21. The molecule has 0 unspecified atom stereocenters. The minimum Gasteiger partial charge on any atom is -0.504 e. The van der Waals surface area contributed by atoms with E-state index in [9.17, 15) is 15.0 Å². The number of carbonyl (C=O) groups excluding carboxylic acids is 1. The molecule has 2 fully saturated rings. The summed E-state index contributed by atoms with van der Waals surface area (Å²) >= 11 is 2.94. The monoisotopic (exact) mass is 421 g/mol. The zero-order chi connectivity index (χ0) is 18.7. The summed E-state index contributed by atoms with van der Waals surface area (Å²) in [6.07, 6.45) is 3.35. The Labute approximate surface area is 161 Å². The molecule has 2 heterocycles. The van der Waals surface area contributed by atoms with Gasteiger partial charge in [0.2, 0.25) is 0 Å². The molecule has 5 rings (SSSR count). The van der Waals surface area contributed by atoms with Gasteiger partial charge < -0.3 is 14.9 Å². The summed E-state index contributed by atoms with van der Waals surface area (Å²) in [4.78, 5) is 14.9. The first-order valence-electron chi connectivity index (χ1n) is 9.03. The van der Waals surface area contributed by atoms with Crippen LogP contribution in [0.1, 0.15) is 30.4 Å². The molecule has 0 aromatic heterocycles. The second-order valence-corrected chi connectivity index (χ2v) is 7.56. The number of hydrogen-bond donors (Lipinski definition) is 2. The minimum atomic E-state index is -1.00. The molecule has 1 saturated carbocycles. The number of likely N-dealkylation sites (tertiary alicyclic amines) is 1. The van der Waals surface area contributed by atoms with Gasteiger partial charge >= 0.3 is 0 Å². The number of aromatic hydroxyl groups is 1. The van der Waals surface area contributed by atoms with E-state index in [1.165, 1.54) is 0 Å². The lowest BCUT2D eigenvalue weighted by Gasteiger charge is -2.62. The summed E-state index contributed by atoms with van der Waals surface area (Å²) in [7, 11) is 0. The van der Waals surface area contributed by atoms with E-state index in [2.05, 4.69) is 27.4 Å². The standard InChI is InChI=1S/C19H21NO4.CH3Br/c1-2-8-20-9-7-18-15-11-3-4-12(21)16(15)24-17(18)13(22)5-6-19(18,23)14(20)10-11;1-2/h2-4,14,17,21,23H,1,5-10H2;1H3/t14-,17+,18+,19-;/m1./s1. The lowest BCUT2D eigenvalue weighted by Crippen LogP contribution is -2.76. The highest BCUT2D eigenvalue weighted by molar-refractivity contribution is 9.08. The number of carbonyl (C=O) groups is 1. The van der Waals surface area contributed by atoms with Crippen molar-refractivity contribution in [3.63, 3.8) is 0 Å². The zero-order valence-corrected chi connectivity index (χ0v) is 16.5. The summed E-state index contributed by atoms with van der Waals surface area (Å²) in [6.45, 7) is 5.36. The second-order valence-electron chi connectivity index (χ2n) is 7.56. The maximum absolute atomic E-state index is 12.6. The molecule has 2 N–H and O–H groups in total. The number of Topliss-reactive ketones (excluding diaryl/α,β-unsaturated/α-hetero) is 1. The molecule has 0 amide bonds. The van der Waals surface area contributed by atoms with Crippen molar-refractivity contribution < 1.29 is 19.7 Å². The summed E-state index contributed by atoms with van der Waals surface area (Å²) in [6, 6.07) is 3.52. The van der Waals surface area contributed by atoms with E-state index in [0.29, 0.717) is 31.4 Å². The number of phenolic OH excluding ortho intramolecular Hbond substituents is 1. The Morgan fingerprint density at radius 2 is 2.19 bits per heavy atom. The van der Waals surface area contributed by atoms with Gasteiger partial charge in [-0.3, -0.25) is 9.69 Å². The number of benzene rings is 1. The Balaban J connectivity index is 0.000000814. The maximum atomic E-state index is 12.6. The molecule has 2 aliphatic carbocycles. The van der Waals surface area contributed by atoms with E-state index in [4.69, 9.17) is 4.74 Å². The average Bonchev–Trinajstić information content (AvgIpc) is 3.00. The number of nitrogens with zero attached hydrogens (tertiary/aromatic N) is 1. The Morgan fingerprint density at radius 3 is 2.92 bits per heavy atom. The number of alkyl halides is 1. The fraction of sp³-hybridized carbons (Fsp3) is 0.550. The predicted octanol–water partition coefficient (Wildman–Crippen LogP) is 2.31. The molecule has 5 nitrogen and oxygen atoms in total. The Bertz CT molecular complexity index is 781. The van der Waals surface area contributed by atoms with Crippen LogP contribution in [0.3, 0.4) is 0 Å². The molecule has 0 radical (unpaired) electrons. The first-order chi connectivity index (χ1) is 12.5. The van der Waals surface area contributed by atoms with Crippen LogP contribution in [0.25, 0.3) is 0 Å². The Morgan fingerprint density at radius 1 is 1.42 bits per heavy atom. The fourth-order valence-electron chi connectivity index (χ4n) is 5.80. The number of ether oxygens (including phenoxy) is 1. The van der Waals surface area contributed by atoms with Gasteiger partial charge in [0.05, 0.1) is 11.0 Å². The van der Waals surface area contributed by atoms with Gasteiger partial charge in [-0.25, -0.2) is 0 Å². The molecule has 1 spiro atoms. The topological polar surface area (TPSA) is 70.0 Å². The normalized spacial score (nSPS) is 36.5. The zero-order valence-electron chi connectivity index (χ0n) is 14.9. The number of halogens is 1. The lowest BCUT2D eigenvalue weighted by molar-refractivity contribution is -0.187. The van der Waals surface area contributed by atoms with E-state index in [-0.39, 0.29) is 17.6 Å². The van der Waals surface area contributed by atoms with Crippen molar-refractivity contribution in [1.82, 2.24) is 4.90 Å². The highest BCUT2D eigenvalue weighted by Crippen LogP contribution is 2.64. The van der Waals surface area contributed by atoms with Crippen LogP contribution in [0.4, 0.5) is 0 Å². The van der Waals surface area contributed by atoms with Crippen molar-refractivity contribution >= 4 is 21.7 Å².